The van der Waals surface area contributed by atoms with Gasteiger partial charge in [-0.15, -0.1) is 0 Å². The summed E-state index contributed by atoms with van der Waals surface area (Å²) in [5, 5.41) is 4.01. The summed E-state index contributed by atoms with van der Waals surface area (Å²) in [6.45, 7) is 5.97. The van der Waals surface area contributed by atoms with Crippen molar-refractivity contribution in [3.05, 3.63) is 24.5 Å². The average Bonchev–Trinajstić information content (AvgIpc) is 2.52. The molecule has 0 aliphatic heterocycles. The Labute approximate surface area is 137 Å². The van der Waals surface area contributed by atoms with E-state index in [2.05, 4.69) is 41.1 Å². The van der Waals surface area contributed by atoms with E-state index in [-0.39, 0.29) is 4.90 Å². The van der Waals surface area contributed by atoms with Crippen molar-refractivity contribution in [1.29, 1.82) is 0 Å². The Morgan fingerprint density at radius 1 is 1.30 bits per heavy atom. The minimum Gasteiger partial charge on any atom is -0.368 e. The van der Waals surface area contributed by atoms with E-state index in [1.165, 1.54) is 12.6 Å². The lowest BCUT2D eigenvalue weighted by atomic mass is 10.2. The van der Waals surface area contributed by atoms with Crippen LogP contribution in [0.25, 0.3) is 10.9 Å². The van der Waals surface area contributed by atoms with Gasteiger partial charge < -0.3 is 10.2 Å². The molecule has 1 N–H and O–H groups in total. The zero-order chi connectivity index (χ0) is 17.0. The third kappa shape index (κ3) is 4.39. The minimum atomic E-state index is -3.25. The normalized spacial score (nSPS) is 13.4. The molecule has 1 aromatic heterocycles. The smallest absolute Gasteiger partial charge is 0.175 e. The number of hydrogen-bond donors (Lipinski definition) is 1. The molecule has 6 nitrogen and oxygen atoms in total. The number of aromatic nitrogens is 2. The Balaban J connectivity index is 2.20. The third-order valence-corrected chi connectivity index (χ3v) is 5.25. The zero-order valence-corrected chi connectivity index (χ0v) is 14.9. The molecule has 0 fully saturated rings. The number of nitrogens with zero attached hydrogens (tertiary/aromatic N) is 3. The van der Waals surface area contributed by atoms with Crippen LogP contribution in [0.4, 0.5) is 5.82 Å². The first-order chi connectivity index (χ1) is 10.8. The molecular weight excluding hydrogens is 312 g/mol. The molecule has 1 aromatic carbocycles. The van der Waals surface area contributed by atoms with Gasteiger partial charge in [-0.3, -0.25) is 0 Å². The second-order valence-electron chi connectivity index (χ2n) is 5.84. The van der Waals surface area contributed by atoms with Gasteiger partial charge in [0, 0.05) is 30.8 Å². The van der Waals surface area contributed by atoms with Crippen LogP contribution in [0.15, 0.2) is 29.4 Å². The number of sulfone groups is 1. The summed E-state index contributed by atoms with van der Waals surface area (Å²) in [7, 11) is -1.16. The van der Waals surface area contributed by atoms with Crippen LogP contribution in [-0.2, 0) is 9.84 Å². The largest absolute Gasteiger partial charge is 0.368 e. The highest BCUT2D eigenvalue weighted by Gasteiger charge is 2.11. The Hall–Kier alpha value is -1.73. The van der Waals surface area contributed by atoms with Crippen LogP contribution in [0.2, 0.25) is 0 Å². The number of fused-ring (bicyclic) bond motifs is 1. The molecule has 2 rings (SSSR count). The van der Waals surface area contributed by atoms with Gasteiger partial charge in [-0.2, -0.15) is 0 Å². The lowest BCUT2D eigenvalue weighted by molar-refractivity contribution is 0.261. The van der Waals surface area contributed by atoms with E-state index < -0.39 is 9.84 Å². The maximum absolute atomic E-state index is 11.7. The number of likely N-dealkylation sites (N-methyl/N-ethyl adjacent to an activating group) is 1. The maximum atomic E-state index is 11.7. The van der Waals surface area contributed by atoms with Crippen LogP contribution < -0.4 is 5.32 Å². The van der Waals surface area contributed by atoms with Crippen molar-refractivity contribution in [2.24, 2.45) is 0 Å². The van der Waals surface area contributed by atoms with Gasteiger partial charge in [0.2, 0.25) is 0 Å². The molecule has 0 bridgehead atoms. The summed E-state index contributed by atoms with van der Waals surface area (Å²) >= 11 is 0. The fourth-order valence-electron chi connectivity index (χ4n) is 2.29. The number of hydrogen-bond acceptors (Lipinski definition) is 6. The van der Waals surface area contributed by atoms with Crippen LogP contribution >= 0.6 is 0 Å². The van der Waals surface area contributed by atoms with Gasteiger partial charge in [-0.1, -0.05) is 6.92 Å². The van der Waals surface area contributed by atoms with Gasteiger partial charge >= 0.3 is 0 Å². The molecular formula is C16H24N4O2S. The van der Waals surface area contributed by atoms with Gasteiger partial charge in [0.1, 0.15) is 12.1 Å². The van der Waals surface area contributed by atoms with Crippen molar-refractivity contribution in [3.8, 4) is 0 Å². The Morgan fingerprint density at radius 2 is 2.04 bits per heavy atom. The molecule has 0 spiro atoms. The van der Waals surface area contributed by atoms with E-state index in [1.54, 1.807) is 18.2 Å². The summed E-state index contributed by atoms with van der Waals surface area (Å²) in [5.74, 6) is 0.665. The monoisotopic (exact) mass is 336 g/mol. The van der Waals surface area contributed by atoms with E-state index in [0.29, 0.717) is 11.9 Å². The molecule has 1 heterocycles. The number of benzene rings is 1. The van der Waals surface area contributed by atoms with Crippen LogP contribution in [0, 0.1) is 0 Å². The van der Waals surface area contributed by atoms with E-state index >= 15 is 0 Å². The van der Waals surface area contributed by atoms with Crippen LogP contribution in [0.3, 0.4) is 0 Å². The summed E-state index contributed by atoms with van der Waals surface area (Å²) in [6, 6.07) is 5.44. The highest BCUT2D eigenvalue weighted by atomic mass is 32.2. The summed E-state index contributed by atoms with van der Waals surface area (Å²) < 4.78 is 23.5. The summed E-state index contributed by atoms with van der Waals surface area (Å²) in [4.78, 5) is 11.0. The van der Waals surface area contributed by atoms with E-state index in [1.807, 2.05) is 0 Å². The molecule has 0 amide bonds. The summed E-state index contributed by atoms with van der Waals surface area (Å²) in [6.07, 6.45) is 3.79. The van der Waals surface area contributed by atoms with Crippen molar-refractivity contribution >= 4 is 26.6 Å². The molecule has 1 atom stereocenters. The van der Waals surface area contributed by atoms with E-state index in [0.717, 1.165) is 30.4 Å². The molecule has 0 saturated heterocycles. The zero-order valence-electron chi connectivity index (χ0n) is 14.1. The Bertz CT molecular complexity index is 777. The first-order valence-electron chi connectivity index (χ1n) is 7.72. The fraction of sp³-hybridized carbons (Fsp3) is 0.500. The average molecular weight is 336 g/mol. The van der Waals surface area contributed by atoms with Crippen LogP contribution in [0.1, 0.15) is 20.3 Å². The molecule has 0 radical (unpaired) electrons. The van der Waals surface area contributed by atoms with Crippen molar-refractivity contribution in [2.45, 2.75) is 31.2 Å². The van der Waals surface area contributed by atoms with Crippen molar-refractivity contribution < 1.29 is 8.42 Å². The third-order valence-electron chi connectivity index (χ3n) is 4.14. The lowest BCUT2D eigenvalue weighted by Crippen LogP contribution is -2.32. The molecule has 23 heavy (non-hydrogen) atoms. The topological polar surface area (TPSA) is 75.2 Å². The van der Waals surface area contributed by atoms with Gasteiger partial charge in [-0.25, -0.2) is 18.4 Å². The van der Waals surface area contributed by atoms with Gasteiger partial charge in [-0.05, 0) is 38.6 Å². The van der Waals surface area contributed by atoms with Crippen LogP contribution in [0.5, 0.6) is 0 Å². The van der Waals surface area contributed by atoms with Crippen molar-refractivity contribution in [3.63, 3.8) is 0 Å². The van der Waals surface area contributed by atoms with Crippen molar-refractivity contribution in [2.75, 3.05) is 31.7 Å². The first-order valence-corrected chi connectivity index (χ1v) is 9.61. The predicted molar refractivity (Wildman–Crippen MR) is 93.5 cm³/mol. The molecule has 0 aliphatic rings. The molecule has 126 valence electrons. The predicted octanol–water partition coefficient (Wildman–Crippen LogP) is 2.18. The molecule has 0 saturated carbocycles. The number of anilines is 1. The molecule has 0 aliphatic carbocycles. The second kappa shape index (κ2) is 7.23. The highest BCUT2D eigenvalue weighted by Crippen LogP contribution is 2.22. The van der Waals surface area contributed by atoms with Gasteiger partial charge in [0.25, 0.3) is 0 Å². The quantitative estimate of drug-likeness (QED) is 0.835. The van der Waals surface area contributed by atoms with Crippen molar-refractivity contribution in [1.82, 2.24) is 14.9 Å². The first kappa shape index (κ1) is 17.6. The fourth-order valence-corrected chi connectivity index (χ4v) is 2.94. The Kier molecular flexibility index (Phi) is 5.54. The summed E-state index contributed by atoms with van der Waals surface area (Å²) in [5.41, 5.74) is 0.727. The van der Waals surface area contributed by atoms with Gasteiger partial charge in [0.15, 0.2) is 9.84 Å². The molecule has 7 heteroatoms. The van der Waals surface area contributed by atoms with Crippen LogP contribution in [-0.4, -0.2) is 55.7 Å². The maximum Gasteiger partial charge on any atom is 0.175 e. The Morgan fingerprint density at radius 3 is 2.70 bits per heavy atom. The SMILES string of the molecule is CC[C@@H](C)N(C)CCNc1ncnc2ccc(S(C)(=O)=O)cc12. The van der Waals surface area contributed by atoms with E-state index in [4.69, 9.17) is 0 Å². The number of rotatable bonds is 7. The molecule has 0 unspecified atom stereocenters. The highest BCUT2D eigenvalue weighted by molar-refractivity contribution is 7.90. The standard InChI is InChI=1S/C16H24N4O2S/c1-5-12(2)20(3)9-8-17-16-14-10-13(23(4,21)22)6-7-15(14)18-11-19-16/h6-7,10-12H,5,8-9H2,1-4H3,(H,17,18,19)/t12-/m1/s1. The number of nitrogens with one attached hydrogen (secondary N) is 1. The van der Waals surface area contributed by atoms with E-state index in [9.17, 15) is 8.42 Å². The lowest BCUT2D eigenvalue weighted by Gasteiger charge is -2.23. The molecule has 2 aromatic rings. The second-order valence-corrected chi connectivity index (χ2v) is 7.85. The minimum absolute atomic E-state index is 0.277. The van der Waals surface area contributed by atoms with Gasteiger partial charge in [0.05, 0.1) is 10.4 Å².